The van der Waals surface area contributed by atoms with E-state index in [0.29, 0.717) is 16.3 Å². The minimum atomic E-state index is -1.06. The minimum absolute atomic E-state index is 0.196. The molecule has 2 aliphatic heterocycles. The maximum atomic E-state index is 13.0. The van der Waals surface area contributed by atoms with Gasteiger partial charge in [0.25, 0.3) is 5.91 Å². The quantitative estimate of drug-likeness (QED) is 0.709. The maximum Gasteiger partial charge on any atom is 0.327 e. The van der Waals surface area contributed by atoms with Crippen LogP contribution in [0.5, 0.6) is 0 Å². The molecule has 152 valence electrons. The SMILES string of the molecule is Cc1onc(-c2ccccc2Cl)c1C(=O)N[C@H]1C(=O)N2[C@@H]1SC(C)(C)[C@@H]2C(=O)O. The fourth-order valence-electron chi connectivity index (χ4n) is 3.84. The van der Waals surface area contributed by atoms with Crippen LogP contribution in [0.25, 0.3) is 11.3 Å². The molecule has 1 aromatic heterocycles. The number of β-lactam (4-membered cyclic amide) rings is 1. The molecule has 0 saturated carbocycles. The molecule has 0 radical (unpaired) electrons. The largest absolute Gasteiger partial charge is 0.480 e. The summed E-state index contributed by atoms with van der Waals surface area (Å²) < 4.78 is 4.54. The second-order valence-corrected chi connectivity index (χ2v) is 9.67. The molecule has 10 heteroatoms. The molecule has 2 N–H and O–H groups in total. The highest BCUT2D eigenvalue weighted by Crippen LogP contribution is 2.50. The van der Waals surface area contributed by atoms with Gasteiger partial charge in [0.1, 0.15) is 34.5 Å². The average Bonchev–Trinajstić information content (AvgIpc) is 3.15. The third kappa shape index (κ3) is 3.00. The minimum Gasteiger partial charge on any atom is -0.480 e. The van der Waals surface area contributed by atoms with Crippen molar-refractivity contribution in [2.75, 3.05) is 0 Å². The van der Waals surface area contributed by atoms with Crippen LogP contribution < -0.4 is 5.32 Å². The summed E-state index contributed by atoms with van der Waals surface area (Å²) in [4.78, 5) is 38.6. The maximum absolute atomic E-state index is 13.0. The summed E-state index contributed by atoms with van der Waals surface area (Å²) in [6.45, 7) is 5.16. The number of hydrogen-bond acceptors (Lipinski definition) is 6. The first-order chi connectivity index (χ1) is 13.6. The van der Waals surface area contributed by atoms with E-state index in [9.17, 15) is 19.5 Å². The number of nitrogens with one attached hydrogen (secondary N) is 1. The molecule has 2 amide bonds. The van der Waals surface area contributed by atoms with Crippen LogP contribution in [-0.4, -0.2) is 55.2 Å². The van der Waals surface area contributed by atoms with Crippen molar-refractivity contribution in [2.24, 2.45) is 0 Å². The van der Waals surface area contributed by atoms with Gasteiger partial charge in [-0.15, -0.1) is 11.8 Å². The molecule has 8 nitrogen and oxygen atoms in total. The summed E-state index contributed by atoms with van der Waals surface area (Å²) in [6, 6.07) is 5.18. The molecule has 29 heavy (non-hydrogen) atoms. The van der Waals surface area contributed by atoms with Crippen molar-refractivity contribution in [1.29, 1.82) is 0 Å². The summed E-state index contributed by atoms with van der Waals surface area (Å²) in [7, 11) is 0. The second kappa shape index (κ2) is 6.77. The standard InChI is InChI=1S/C19H18ClN3O5S/c1-8-11(12(22-28-8)9-6-4-5-7-10(9)20)15(24)21-13-16(25)23-14(18(26)27)19(2,3)29-17(13)23/h4-7,13-14,17H,1-3H3,(H,21,24)(H,26,27)/t13-,14-,17+/m0/s1. The van der Waals surface area contributed by atoms with Crippen molar-refractivity contribution in [1.82, 2.24) is 15.4 Å². The van der Waals surface area contributed by atoms with E-state index >= 15 is 0 Å². The molecule has 0 bridgehead atoms. The molecule has 1 aromatic carbocycles. The van der Waals surface area contributed by atoms with Gasteiger partial charge in [-0.2, -0.15) is 0 Å². The number of thioether (sulfide) groups is 1. The molecule has 0 aliphatic carbocycles. The highest BCUT2D eigenvalue weighted by Gasteiger charge is 2.64. The zero-order valence-electron chi connectivity index (χ0n) is 15.8. The Morgan fingerprint density at radius 2 is 2.03 bits per heavy atom. The lowest BCUT2D eigenvalue weighted by Gasteiger charge is -2.43. The lowest BCUT2D eigenvalue weighted by Crippen LogP contribution is -2.70. The smallest absolute Gasteiger partial charge is 0.327 e. The number of carbonyl (C=O) groups is 3. The van der Waals surface area contributed by atoms with Crippen LogP contribution >= 0.6 is 23.4 Å². The second-order valence-electron chi connectivity index (χ2n) is 7.49. The van der Waals surface area contributed by atoms with Crippen molar-refractivity contribution < 1.29 is 24.0 Å². The molecule has 3 heterocycles. The zero-order valence-corrected chi connectivity index (χ0v) is 17.4. The number of carboxylic acid groups (broad SMARTS) is 1. The van der Waals surface area contributed by atoms with Gasteiger partial charge in [0.15, 0.2) is 0 Å². The number of aliphatic carboxylic acids is 1. The van der Waals surface area contributed by atoms with Crippen LogP contribution in [0.1, 0.15) is 30.0 Å². The predicted octanol–water partition coefficient (Wildman–Crippen LogP) is 2.55. The van der Waals surface area contributed by atoms with E-state index in [4.69, 9.17) is 16.1 Å². The lowest BCUT2D eigenvalue weighted by atomic mass is 9.95. The van der Waals surface area contributed by atoms with E-state index in [-0.39, 0.29) is 11.3 Å². The van der Waals surface area contributed by atoms with Crippen LogP contribution in [0.4, 0.5) is 0 Å². The normalized spacial score (nSPS) is 24.8. The molecule has 3 atom stereocenters. The molecule has 0 spiro atoms. The van der Waals surface area contributed by atoms with E-state index in [1.165, 1.54) is 16.7 Å². The summed E-state index contributed by atoms with van der Waals surface area (Å²) in [5, 5.41) is 16.2. The Balaban J connectivity index is 1.60. The number of nitrogens with zero attached hydrogens (tertiary/aromatic N) is 2. The van der Waals surface area contributed by atoms with Crippen molar-refractivity contribution >= 4 is 41.1 Å². The van der Waals surface area contributed by atoms with Crippen LogP contribution in [0.2, 0.25) is 5.02 Å². The predicted molar refractivity (Wildman–Crippen MR) is 107 cm³/mol. The van der Waals surface area contributed by atoms with Crippen LogP contribution in [0.15, 0.2) is 28.8 Å². The molecular weight excluding hydrogens is 418 g/mol. The van der Waals surface area contributed by atoms with Crippen molar-refractivity contribution in [3.8, 4) is 11.3 Å². The van der Waals surface area contributed by atoms with Gasteiger partial charge < -0.3 is 19.8 Å². The van der Waals surface area contributed by atoms with Gasteiger partial charge in [0.2, 0.25) is 5.91 Å². The lowest BCUT2D eigenvalue weighted by molar-refractivity contribution is -0.159. The van der Waals surface area contributed by atoms with Crippen LogP contribution in [-0.2, 0) is 9.59 Å². The molecule has 4 rings (SSSR count). The van der Waals surface area contributed by atoms with E-state index in [0.717, 1.165) is 0 Å². The van der Waals surface area contributed by atoms with Gasteiger partial charge in [-0.3, -0.25) is 9.59 Å². The van der Waals surface area contributed by atoms with Gasteiger partial charge in [-0.1, -0.05) is 35.0 Å². The van der Waals surface area contributed by atoms with E-state index < -0.39 is 40.0 Å². The Kier molecular flexibility index (Phi) is 4.62. The van der Waals surface area contributed by atoms with Crippen molar-refractivity contribution in [3.63, 3.8) is 0 Å². The topological polar surface area (TPSA) is 113 Å². The summed E-state index contributed by atoms with van der Waals surface area (Å²) in [5.41, 5.74) is 1.03. The first-order valence-corrected chi connectivity index (χ1v) is 10.1. The summed E-state index contributed by atoms with van der Waals surface area (Å²) >= 11 is 7.59. The Hall–Kier alpha value is -2.52. The summed E-state index contributed by atoms with van der Waals surface area (Å²) in [5.74, 6) is -1.70. The average molecular weight is 436 g/mol. The van der Waals surface area contributed by atoms with Gasteiger partial charge in [-0.25, -0.2) is 4.79 Å². The number of rotatable bonds is 4. The van der Waals surface area contributed by atoms with Gasteiger partial charge in [0, 0.05) is 10.3 Å². The van der Waals surface area contributed by atoms with Gasteiger partial charge in [-0.05, 0) is 26.8 Å². The number of hydrogen-bond donors (Lipinski definition) is 2. The monoisotopic (exact) mass is 435 g/mol. The zero-order chi connectivity index (χ0) is 21.1. The molecule has 2 aliphatic rings. The fraction of sp³-hybridized carbons (Fsp3) is 0.368. The first-order valence-electron chi connectivity index (χ1n) is 8.88. The van der Waals surface area contributed by atoms with Crippen molar-refractivity contribution in [2.45, 2.75) is 43.0 Å². The number of halogens is 1. The number of fused-ring (bicyclic) bond motifs is 1. The van der Waals surface area contributed by atoms with Gasteiger partial charge >= 0.3 is 5.97 Å². The third-order valence-electron chi connectivity index (χ3n) is 5.18. The molecule has 0 unspecified atom stereocenters. The van der Waals surface area contributed by atoms with E-state index in [1.54, 1.807) is 45.0 Å². The fourth-order valence-corrected chi connectivity index (χ4v) is 5.69. The Bertz CT molecular complexity index is 1040. The third-order valence-corrected chi connectivity index (χ3v) is 7.08. The Morgan fingerprint density at radius 1 is 1.34 bits per heavy atom. The van der Waals surface area contributed by atoms with E-state index in [1.807, 2.05) is 0 Å². The number of benzene rings is 1. The highest BCUT2D eigenvalue weighted by atomic mass is 35.5. The van der Waals surface area contributed by atoms with Crippen molar-refractivity contribution in [3.05, 3.63) is 40.6 Å². The summed E-state index contributed by atoms with van der Waals surface area (Å²) in [6.07, 6.45) is 0. The van der Waals surface area contributed by atoms with E-state index in [2.05, 4.69) is 10.5 Å². The molecule has 2 aromatic rings. The number of carboxylic acids is 1. The number of carbonyl (C=O) groups excluding carboxylic acids is 2. The molecule has 2 saturated heterocycles. The van der Waals surface area contributed by atoms with Crippen LogP contribution in [0, 0.1) is 6.92 Å². The van der Waals surface area contributed by atoms with Crippen LogP contribution in [0.3, 0.4) is 0 Å². The number of amides is 2. The Labute approximate surface area is 175 Å². The number of aryl methyl sites for hydroxylation is 1. The highest BCUT2D eigenvalue weighted by molar-refractivity contribution is 8.01. The first kappa shape index (κ1) is 19.8. The molecular formula is C19H18ClN3O5S. The molecule has 2 fully saturated rings. The van der Waals surface area contributed by atoms with Gasteiger partial charge in [0.05, 0.1) is 5.02 Å². The Morgan fingerprint density at radius 3 is 2.69 bits per heavy atom. The number of aromatic nitrogens is 1.